The fourth-order valence-corrected chi connectivity index (χ4v) is 5.05. The van der Waals surface area contributed by atoms with E-state index in [1.807, 2.05) is 32.0 Å². The van der Waals surface area contributed by atoms with Gasteiger partial charge in [0.15, 0.2) is 6.79 Å². The summed E-state index contributed by atoms with van der Waals surface area (Å²) in [5, 5.41) is 2.82. The second kappa shape index (κ2) is 13.0. The van der Waals surface area contributed by atoms with E-state index in [2.05, 4.69) is 21.2 Å². The number of benzene rings is 1. The molecule has 0 saturated heterocycles. The number of methoxy groups -OCH3 is 1. The molecule has 0 spiro atoms. The minimum atomic E-state index is -0.538. The van der Waals surface area contributed by atoms with Crippen LogP contribution < -0.4 is 10.1 Å². The Morgan fingerprint density at radius 1 is 1.17 bits per heavy atom. The van der Waals surface area contributed by atoms with Gasteiger partial charge in [-0.05, 0) is 84.4 Å². The third kappa shape index (κ3) is 7.27. The average Bonchev–Trinajstić information content (AvgIpc) is 2.84. The molecule has 190 valence electrons. The number of nitrogens with one attached hydrogen (secondary N) is 1. The highest BCUT2D eigenvalue weighted by Gasteiger charge is 2.22. The number of carbonyl (C=O) groups excluding carboxylic acids is 2. The van der Waals surface area contributed by atoms with Crippen LogP contribution in [0.25, 0.3) is 0 Å². The van der Waals surface area contributed by atoms with Gasteiger partial charge in [-0.1, -0.05) is 19.3 Å². The maximum Gasteiger partial charge on any atom is 0.315 e. The molecule has 7 nitrogen and oxygen atoms in total. The van der Waals surface area contributed by atoms with Crippen LogP contribution >= 0.6 is 15.9 Å². The van der Waals surface area contributed by atoms with E-state index in [-0.39, 0.29) is 19.8 Å². The molecule has 0 unspecified atom stereocenters. The Kier molecular flexibility index (Phi) is 10.1. The monoisotopic (exact) mass is 546 g/mol. The third-order valence-corrected chi connectivity index (χ3v) is 7.39. The molecule has 0 atom stereocenters. The second-order valence-corrected chi connectivity index (χ2v) is 9.73. The zero-order valence-electron chi connectivity index (χ0n) is 21.0. The van der Waals surface area contributed by atoms with Crippen molar-refractivity contribution in [1.29, 1.82) is 0 Å². The van der Waals surface area contributed by atoms with Gasteiger partial charge in [0.05, 0.1) is 18.0 Å². The summed E-state index contributed by atoms with van der Waals surface area (Å²) in [5.74, 6) is 0.267. The number of esters is 1. The number of nitrogens with zero attached hydrogens (tertiary/aromatic N) is 1. The Morgan fingerprint density at radius 3 is 2.60 bits per heavy atom. The van der Waals surface area contributed by atoms with Gasteiger partial charge in [-0.3, -0.25) is 14.6 Å². The highest BCUT2D eigenvalue weighted by atomic mass is 79.9. The smallest absolute Gasteiger partial charge is 0.315 e. The van der Waals surface area contributed by atoms with Crippen LogP contribution in [0.4, 0.5) is 5.69 Å². The largest absolute Gasteiger partial charge is 0.466 e. The highest BCUT2D eigenvalue weighted by Crippen LogP contribution is 2.37. The zero-order chi connectivity index (χ0) is 25.4. The first-order valence-corrected chi connectivity index (χ1v) is 13.0. The van der Waals surface area contributed by atoms with Crippen molar-refractivity contribution in [2.75, 3.05) is 25.8 Å². The van der Waals surface area contributed by atoms with Crippen LogP contribution in [-0.4, -0.2) is 37.4 Å². The van der Waals surface area contributed by atoms with Gasteiger partial charge in [0.1, 0.15) is 12.2 Å². The van der Waals surface area contributed by atoms with Gasteiger partial charge in [-0.15, -0.1) is 0 Å². The van der Waals surface area contributed by atoms with Gasteiger partial charge in [-0.2, -0.15) is 0 Å². The van der Waals surface area contributed by atoms with Crippen molar-refractivity contribution < 1.29 is 23.8 Å². The summed E-state index contributed by atoms with van der Waals surface area (Å²) in [7, 11) is 1.62. The number of hydrogen-bond donors (Lipinski definition) is 1. The minimum absolute atomic E-state index is 0.204. The molecule has 1 fully saturated rings. The summed E-state index contributed by atoms with van der Waals surface area (Å²) in [6.07, 6.45) is 6.32. The van der Waals surface area contributed by atoms with Crippen molar-refractivity contribution in [2.45, 2.75) is 71.6 Å². The molecule has 1 aromatic heterocycles. The van der Waals surface area contributed by atoms with E-state index in [4.69, 9.17) is 19.2 Å². The van der Waals surface area contributed by atoms with E-state index in [1.165, 1.54) is 19.3 Å². The van der Waals surface area contributed by atoms with E-state index >= 15 is 0 Å². The molecule has 8 heteroatoms. The number of pyridine rings is 1. The van der Waals surface area contributed by atoms with E-state index in [1.54, 1.807) is 14.0 Å². The van der Waals surface area contributed by atoms with E-state index in [0.717, 1.165) is 51.1 Å². The van der Waals surface area contributed by atoms with E-state index in [9.17, 15) is 9.59 Å². The van der Waals surface area contributed by atoms with Crippen LogP contribution in [0.3, 0.4) is 0 Å². The molecule has 3 rings (SSSR count). The molecule has 2 aromatic rings. The summed E-state index contributed by atoms with van der Waals surface area (Å²) >= 11 is 3.64. The van der Waals surface area contributed by atoms with Gasteiger partial charge >= 0.3 is 5.97 Å². The number of aryl methyl sites for hydroxylation is 1. The molecular formula is C27H35BrN2O5. The lowest BCUT2D eigenvalue weighted by atomic mass is 9.86. The Labute approximate surface area is 216 Å². The Hall–Kier alpha value is -2.45. The molecule has 0 radical (unpaired) electrons. The van der Waals surface area contributed by atoms with Gasteiger partial charge < -0.3 is 19.5 Å². The minimum Gasteiger partial charge on any atom is -0.466 e. The molecule has 0 aliphatic heterocycles. The lowest BCUT2D eigenvalue weighted by Crippen LogP contribution is -2.19. The standard InChI is InChI=1S/C27H35BrN2O5/c1-5-34-25(32)15-24(31)30-22-13-17(2)21(18(3)26(22)28)14-20-11-12-23(35-16-33-4)27(29-20)19-9-7-6-8-10-19/h11-13,19H,5-10,14-16H2,1-4H3,(H,30,31). The van der Waals surface area contributed by atoms with Gasteiger partial charge in [0.2, 0.25) is 5.91 Å². The second-order valence-electron chi connectivity index (χ2n) is 8.94. The number of amides is 1. The first kappa shape index (κ1) is 27.1. The number of anilines is 1. The van der Waals surface area contributed by atoms with Crippen LogP contribution in [0.5, 0.6) is 5.75 Å². The number of ether oxygens (including phenoxy) is 3. The topological polar surface area (TPSA) is 86.8 Å². The molecule has 1 amide bonds. The van der Waals surface area contributed by atoms with Crippen molar-refractivity contribution >= 4 is 33.5 Å². The van der Waals surface area contributed by atoms with Gasteiger partial charge in [0.25, 0.3) is 0 Å². The SMILES string of the molecule is CCOC(=O)CC(=O)Nc1cc(C)c(Cc2ccc(OCOC)c(C3CCCCC3)n2)c(C)c1Br. The summed E-state index contributed by atoms with van der Waals surface area (Å²) in [6, 6.07) is 5.95. The number of hydrogen-bond acceptors (Lipinski definition) is 6. The Bertz CT molecular complexity index is 1050. The molecule has 1 saturated carbocycles. The molecule has 1 heterocycles. The lowest BCUT2D eigenvalue weighted by molar-refractivity contribution is -0.145. The maximum absolute atomic E-state index is 12.3. The van der Waals surface area contributed by atoms with Crippen LogP contribution in [0.15, 0.2) is 22.7 Å². The Balaban J connectivity index is 1.83. The molecule has 1 aliphatic rings. The summed E-state index contributed by atoms with van der Waals surface area (Å²) in [4.78, 5) is 29.0. The first-order valence-electron chi connectivity index (χ1n) is 12.2. The van der Waals surface area contributed by atoms with Crippen LogP contribution in [0.1, 0.15) is 79.4 Å². The summed E-state index contributed by atoms with van der Waals surface area (Å²) in [6.45, 7) is 6.21. The lowest BCUT2D eigenvalue weighted by Gasteiger charge is -2.24. The van der Waals surface area contributed by atoms with Crippen LogP contribution in [0, 0.1) is 13.8 Å². The zero-order valence-corrected chi connectivity index (χ0v) is 22.6. The predicted molar refractivity (Wildman–Crippen MR) is 139 cm³/mol. The Morgan fingerprint density at radius 2 is 1.91 bits per heavy atom. The molecule has 1 aliphatic carbocycles. The van der Waals surface area contributed by atoms with Gasteiger partial charge in [-0.25, -0.2) is 0 Å². The van der Waals surface area contributed by atoms with E-state index in [0.29, 0.717) is 18.0 Å². The number of halogens is 1. The number of carbonyl (C=O) groups is 2. The maximum atomic E-state index is 12.3. The van der Waals surface area contributed by atoms with Crippen molar-refractivity contribution in [3.8, 4) is 5.75 Å². The van der Waals surface area contributed by atoms with Gasteiger partial charge in [0, 0.05) is 29.6 Å². The fourth-order valence-electron chi connectivity index (χ4n) is 4.59. The normalized spacial score (nSPS) is 14.0. The van der Waals surface area contributed by atoms with Crippen molar-refractivity contribution in [1.82, 2.24) is 4.98 Å². The van der Waals surface area contributed by atoms with Crippen molar-refractivity contribution in [3.63, 3.8) is 0 Å². The average molecular weight is 547 g/mol. The fraction of sp³-hybridized carbons (Fsp3) is 0.519. The highest BCUT2D eigenvalue weighted by molar-refractivity contribution is 9.10. The predicted octanol–water partition coefficient (Wildman–Crippen LogP) is 5.97. The third-order valence-electron chi connectivity index (χ3n) is 6.37. The van der Waals surface area contributed by atoms with Crippen molar-refractivity contribution in [2.24, 2.45) is 0 Å². The molecular weight excluding hydrogens is 512 g/mol. The quantitative estimate of drug-likeness (QED) is 0.224. The molecule has 1 aromatic carbocycles. The number of rotatable bonds is 10. The number of aromatic nitrogens is 1. The van der Waals surface area contributed by atoms with E-state index < -0.39 is 11.9 Å². The van der Waals surface area contributed by atoms with Crippen molar-refractivity contribution in [3.05, 3.63) is 50.8 Å². The summed E-state index contributed by atoms with van der Waals surface area (Å²) < 4.78 is 16.6. The van der Waals surface area contributed by atoms with Crippen LogP contribution in [-0.2, 0) is 25.5 Å². The van der Waals surface area contributed by atoms with Crippen LogP contribution in [0.2, 0.25) is 0 Å². The molecule has 1 N–H and O–H groups in total. The first-order chi connectivity index (χ1) is 16.8. The molecule has 35 heavy (non-hydrogen) atoms. The molecule has 0 bridgehead atoms. The summed E-state index contributed by atoms with van der Waals surface area (Å²) in [5.41, 5.74) is 5.85.